The topological polar surface area (TPSA) is 82.2 Å². The van der Waals surface area contributed by atoms with Crippen molar-refractivity contribution in [3.05, 3.63) is 70.2 Å². The van der Waals surface area contributed by atoms with Gasteiger partial charge in [0, 0.05) is 10.7 Å². The van der Waals surface area contributed by atoms with Crippen molar-refractivity contribution in [1.82, 2.24) is 9.78 Å². The number of halogens is 2. The van der Waals surface area contributed by atoms with Crippen LogP contribution in [0.3, 0.4) is 0 Å². The predicted molar refractivity (Wildman–Crippen MR) is 100 cm³/mol. The number of nitrogens with two attached hydrogens (primary N) is 1. The van der Waals surface area contributed by atoms with E-state index in [2.05, 4.69) is 26.3 Å². The number of anilines is 1. The normalized spacial score (nSPS) is 10.6. The Hall–Kier alpha value is -2.87. The summed E-state index contributed by atoms with van der Waals surface area (Å²) in [6, 6.07) is 12.1. The van der Waals surface area contributed by atoms with Gasteiger partial charge in [-0.3, -0.25) is 4.79 Å². The highest BCUT2D eigenvalue weighted by Gasteiger charge is 2.15. The second-order valence-corrected chi connectivity index (χ2v) is 6.39. The monoisotopic (exact) mass is 418 g/mol. The fourth-order valence-corrected chi connectivity index (χ4v) is 2.91. The summed E-state index contributed by atoms with van der Waals surface area (Å²) in [6.45, 7) is 0.305. The van der Waals surface area contributed by atoms with Crippen molar-refractivity contribution in [2.75, 3.05) is 12.4 Å². The van der Waals surface area contributed by atoms with Crippen LogP contribution in [0.25, 0.3) is 5.69 Å². The van der Waals surface area contributed by atoms with E-state index >= 15 is 0 Å². The second-order valence-electron chi connectivity index (χ2n) is 5.48. The summed E-state index contributed by atoms with van der Waals surface area (Å²) >= 11 is 3.21. The third kappa shape index (κ3) is 3.85. The molecule has 0 atom stereocenters. The SMILES string of the molecule is COc1ccc(-n2ccc(CNc3cc(Br)cc(F)c3C(N)=O)n2)cc1. The fourth-order valence-electron chi connectivity index (χ4n) is 2.48. The summed E-state index contributed by atoms with van der Waals surface area (Å²) in [7, 11) is 1.61. The number of nitrogens with one attached hydrogen (secondary N) is 1. The molecule has 0 aliphatic carbocycles. The first-order chi connectivity index (χ1) is 12.5. The first-order valence-electron chi connectivity index (χ1n) is 7.69. The van der Waals surface area contributed by atoms with Gasteiger partial charge in [0.2, 0.25) is 0 Å². The Morgan fingerprint density at radius 2 is 2.04 bits per heavy atom. The lowest BCUT2D eigenvalue weighted by atomic mass is 10.1. The van der Waals surface area contributed by atoms with Crippen molar-refractivity contribution in [3.8, 4) is 11.4 Å². The average Bonchev–Trinajstić information content (AvgIpc) is 3.08. The smallest absolute Gasteiger partial charge is 0.253 e. The molecular weight excluding hydrogens is 403 g/mol. The van der Waals surface area contributed by atoms with Crippen molar-refractivity contribution in [2.24, 2.45) is 5.73 Å². The molecule has 1 amide bonds. The first-order valence-corrected chi connectivity index (χ1v) is 8.49. The summed E-state index contributed by atoms with van der Waals surface area (Å²) in [5.41, 5.74) is 7.00. The van der Waals surface area contributed by atoms with Gasteiger partial charge in [0.15, 0.2) is 0 Å². The Morgan fingerprint density at radius 3 is 2.69 bits per heavy atom. The minimum Gasteiger partial charge on any atom is -0.497 e. The van der Waals surface area contributed by atoms with Crippen LogP contribution in [0.5, 0.6) is 5.75 Å². The molecule has 0 fully saturated rings. The van der Waals surface area contributed by atoms with Crippen LogP contribution in [-0.2, 0) is 6.54 Å². The Morgan fingerprint density at radius 1 is 1.31 bits per heavy atom. The Balaban J connectivity index is 1.77. The molecule has 0 aliphatic heterocycles. The third-order valence-corrected chi connectivity index (χ3v) is 4.20. The van der Waals surface area contributed by atoms with Crippen LogP contribution >= 0.6 is 15.9 Å². The number of carbonyl (C=O) groups is 1. The molecule has 0 unspecified atom stereocenters. The largest absolute Gasteiger partial charge is 0.497 e. The van der Waals surface area contributed by atoms with Crippen LogP contribution in [0.4, 0.5) is 10.1 Å². The Bertz CT molecular complexity index is 941. The van der Waals surface area contributed by atoms with Crippen molar-refractivity contribution in [2.45, 2.75) is 6.54 Å². The van der Waals surface area contributed by atoms with E-state index in [1.807, 2.05) is 36.5 Å². The molecule has 0 aliphatic rings. The number of nitrogens with zero attached hydrogens (tertiary/aromatic N) is 2. The maximum atomic E-state index is 14.0. The highest BCUT2D eigenvalue weighted by Crippen LogP contribution is 2.25. The number of carbonyl (C=O) groups excluding carboxylic acids is 1. The van der Waals surface area contributed by atoms with E-state index in [1.54, 1.807) is 17.9 Å². The van der Waals surface area contributed by atoms with Crippen LogP contribution < -0.4 is 15.8 Å². The van der Waals surface area contributed by atoms with Gasteiger partial charge in [0.05, 0.1) is 36.3 Å². The maximum Gasteiger partial charge on any atom is 0.253 e. The molecule has 0 saturated carbocycles. The maximum absolute atomic E-state index is 14.0. The van der Waals surface area contributed by atoms with Crippen molar-refractivity contribution < 1.29 is 13.9 Å². The van der Waals surface area contributed by atoms with Crippen LogP contribution in [-0.4, -0.2) is 22.8 Å². The lowest BCUT2D eigenvalue weighted by Gasteiger charge is -2.10. The fraction of sp³-hybridized carbons (Fsp3) is 0.111. The molecule has 0 bridgehead atoms. The average molecular weight is 419 g/mol. The van der Waals surface area contributed by atoms with E-state index in [4.69, 9.17) is 10.5 Å². The molecule has 134 valence electrons. The van der Waals surface area contributed by atoms with Gasteiger partial charge in [-0.1, -0.05) is 15.9 Å². The zero-order chi connectivity index (χ0) is 18.7. The lowest BCUT2D eigenvalue weighted by molar-refractivity contribution is 0.0997. The van der Waals surface area contributed by atoms with E-state index in [1.165, 1.54) is 6.07 Å². The number of aromatic nitrogens is 2. The molecule has 1 aromatic heterocycles. The molecule has 6 nitrogen and oxygen atoms in total. The van der Waals surface area contributed by atoms with E-state index in [0.717, 1.165) is 17.1 Å². The molecular formula is C18H16BrFN4O2. The van der Waals surface area contributed by atoms with Crippen LogP contribution in [0.15, 0.2) is 53.1 Å². The molecule has 3 rings (SSSR count). The molecule has 0 saturated heterocycles. The number of ether oxygens (including phenoxy) is 1. The number of hydrogen-bond donors (Lipinski definition) is 2. The summed E-state index contributed by atoms with van der Waals surface area (Å²) < 4.78 is 21.3. The quantitative estimate of drug-likeness (QED) is 0.641. The minimum absolute atomic E-state index is 0.178. The van der Waals surface area contributed by atoms with Crippen LogP contribution in [0.1, 0.15) is 16.1 Å². The molecule has 1 heterocycles. The van der Waals surface area contributed by atoms with Gasteiger partial charge >= 0.3 is 0 Å². The standard InChI is InChI=1S/C18H16BrFN4O2/c1-26-14-4-2-13(3-5-14)24-7-6-12(23-24)10-22-16-9-11(19)8-15(20)17(16)18(21)25/h2-9,22H,10H2,1H3,(H2,21,25). The summed E-state index contributed by atoms with van der Waals surface area (Å²) in [5, 5.41) is 7.47. The Labute approximate surface area is 157 Å². The lowest BCUT2D eigenvalue weighted by Crippen LogP contribution is -2.16. The first kappa shape index (κ1) is 17.9. The van der Waals surface area contributed by atoms with E-state index in [0.29, 0.717) is 16.7 Å². The highest BCUT2D eigenvalue weighted by atomic mass is 79.9. The van der Waals surface area contributed by atoms with Crippen molar-refractivity contribution in [3.63, 3.8) is 0 Å². The summed E-state index contributed by atoms with van der Waals surface area (Å²) in [4.78, 5) is 11.5. The number of primary amides is 1. The zero-order valence-corrected chi connectivity index (χ0v) is 15.5. The zero-order valence-electron chi connectivity index (χ0n) is 13.9. The van der Waals surface area contributed by atoms with Gasteiger partial charge < -0.3 is 15.8 Å². The van der Waals surface area contributed by atoms with Gasteiger partial charge in [-0.15, -0.1) is 0 Å². The predicted octanol–water partition coefficient (Wildman–Crippen LogP) is 3.49. The van der Waals surface area contributed by atoms with Gasteiger partial charge in [-0.05, 0) is 42.5 Å². The van der Waals surface area contributed by atoms with Crippen molar-refractivity contribution >= 4 is 27.5 Å². The van der Waals surface area contributed by atoms with Gasteiger partial charge in [0.1, 0.15) is 11.6 Å². The molecule has 3 N–H and O–H groups in total. The molecule has 3 aromatic rings. The van der Waals surface area contributed by atoms with E-state index in [9.17, 15) is 9.18 Å². The minimum atomic E-state index is -0.832. The van der Waals surface area contributed by atoms with E-state index in [-0.39, 0.29) is 5.56 Å². The molecule has 0 spiro atoms. The summed E-state index contributed by atoms with van der Waals surface area (Å²) in [5.74, 6) is -0.752. The van der Waals surface area contributed by atoms with Gasteiger partial charge in [0.25, 0.3) is 5.91 Å². The molecule has 26 heavy (non-hydrogen) atoms. The second kappa shape index (κ2) is 7.57. The number of hydrogen-bond acceptors (Lipinski definition) is 4. The van der Waals surface area contributed by atoms with E-state index < -0.39 is 11.7 Å². The van der Waals surface area contributed by atoms with Crippen molar-refractivity contribution in [1.29, 1.82) is 0 Å². The molecule has 2 aromatic carbocycles. The number of rotatable bonds is 6. The number of amides is 1. The van der Waals surface area contributed by atoms with Gasteiger partial charge in [-0.2, -0.15) is 5.10 Å². The van der Waals surface area contributed by atoms with Crippen LogP contribution in [0.2, 0.25) is 0 Å². The number of benzene rings is 2. The third-order valence-electron chi connectivity index (χ3n) is 3.74. The highest BCUT2D eigenvalue weighted by molar-refractivity contribution is 9.10. The Kier molecular flexibility index (Phi) is 5.22. The number of methoxy groups -OCH3 is 1. The van der Waals surface area contributed by atoms with Gasteiger partial charge in [-0.25, -0.2) is 9.07 Å². The summed E-state index contributed by atoms with van der Waals surface area (Å²) in [6.07, 6.45) is 1.81. The molecule has 0 radical (unpaired) electrons. The van der Waals surface area contributed by atoms with Crippen LogP contribution in [0, 0.1) is 5.82 Å². The molecule has 8 heteroatoms.